The Bertz CT molecular complexity index is 1410. The second-order valence-electron chi connectivity index (χ2n) is 11.2. The van der Waals surface area contributed by atoms with Crippen molar-refractivity contribution in [1.29, 1.82) is 0 Å². The van der Waals surface area contributed by atoms with E-state index in [1.807, 2.05) is 67.9 Å². The average Bonchev–Trinajstić information content (AvgIpc) is 3.49. The van der Waals surface area contributed by atoms with Gasteiger partial charge in [-0.25, -0.2) is 4.68 Å². The van der Waals surface area contributed by atoms with E-state index >= 15 is 0 Å². The van der Waals surface area contributed by atoms with Crippen LogP contribution in [0.25, 0.3) is 5.69 Å². The van der Waals surface area contributed by atoms with E-state index in [0.29, 0.717) is 17.3 Å². The highest BCUT2D eigenvalue weighted by molar-refractivity contribution is 8.00. The van der Waals surface area contributed by atoms with Crippen molar-refractivity contribution in [3.05, 3.63) is 64.8 Å². The summed E-state index contributed by atoms with van der Waals surface area (Å²) >= 11 is 1.55. The fraction of sp³-hybridized carbons (Fsp3) is 0.433. The maximum absolute atomic E-state index is 13.8. The number of para-hydroxylation sites is 1. The molecule has 0 fully saturated rings. The van der Waals surface area contributed by atoms with Crippen LogP contribution >= 0.6 is 11.8 Å². The number of anilines is 1. The van der Waals surface area contributed by atoms with Gasteiger partial charge < -0.3 is 14.8 Å². The van der Waals surface area contributed by atoms with E-state index in [-0.39, 0.29) is 47.6 Å². The first-order valence-corrected chi connectivity index (χ1v) is 14.4. The van der Waals surface area contributed by atoms with E-state index < -0.39 is 0 Å². The largest absolute Gasteiger partial charge is 0.454 e. The van der Waals surface area contributed by atoms with Gasteiger partial charge in [0.05, 0.1) is 22.4 Å². The van der Waals surface area contributed by atoms with Crippen molar-refractivity contribution in [2.45, 2.75) is 64.7 Å². The number of nitrogens with one attached hydrogen (secondary N) is 1. The minimum absolute atomic E-state index is 0.0150. The topological polar surface area (TPSA) is 85.7 Å². The van der Waals surface area contributed by atoms with Crippen molar-refractivity contribution in [2.75, 3.05) is 24.0 Å². The van der Waals surface area contributed by atoms with Crippen molar-refractivity contribution in [1.82, 2.24) is 15.1 Å². The van der Waals surface area contributed by atoms with Crippen LogP contribution in [0.15, 0.2) is 42.5 Å². The molecule has 206 valence electrons. The third-order valence-electron chi connectivity index (χ3n) is 7.16. The van der Waals surface area contributed by atoms with Gasteiger partial charge in [-0.15, -0.1) is 11.8 Å². The third kappa shape index (κ3) is 5.24. The molecule has 39 heavy (non-hydrogen) atoms. The number of benzene rings is 2. The lowest BCUT2D eigenvalue weighted by Crippen LogP contribution is -2.44. The molecule has 9 heteroatoms. The lowest BCUT2D eigenvalue weighted by atomic mass is 9.87. The number of rotatable bonds is 6. The quantitative estimate of drug-likeness (QED) is 0.451. The Kier molecular flexibility index (Phi) is 7.37. The molecule has 8 nitrogen and oxygen atoms in total. The number of aromatic nitrogens is 2. The summed E-state index contributed by atoms with van der Waals surface area (Å²) in [6, 6.07) is 14.0. The van der Waals surface area contributed by atoms with Crippen LogP contribution in [0.2, 0.25) is 0 Å². The molecule has 5 rings (SSSR count). The van der Waals surface area contributed by atoms with Crippen molar-refractivity contribution in [2.24, 2.45) is 0 Å². The second-order valence-corrected chi connectivity index (χ2v) is 12.3. The molecule has 2 aliphatic rings. The van der Waals surface area contributed by atoms with Crippen molar-refractivity contribution in [3.8, 4) is 17.2 Å². The molecule has 2 atom stereocenters. The zero-order chi connectivity index (χ0) is 27.9. The summed E-state index contributed by atoms with van der Waals surface area (Å²) in [4.78, 5) is 28.6. The Labute approximate surface area is 234 Å². The van der Waals surface area contributed by atoms with Crippen LogP contribution in [-0.4, -0.2) is 46.7 Å². The predicted molar refractivity (Wildman–Crippen MR) is 154 cm³/mol. The van der Waals surface area contributed by atoms with E-state index in [0.717, 1.165) is 34.5 Å². The monoisotopic (exact) mass is 548 g/mol. The lowest BCUT2D eigenvalue weighted by molar-refractivity contribution is -0.123. The smallest absolute Gasteiger partial charge is 0.240 e. The van der Waals surface area contributed by atoms with E-state index in [9.17, 15) is 9.59 Å². The van der Waals surface area contributed by atoms with Crippen LogP contribution in [0.3, 0.4) is 0 Å². The normalized spacial score (nSPS) is 17.5. The number of thioether (sulfide) groups is 1. The van der Waals surface area contributed by atoms with Crippen LogP contribution in [0, 0.1) is 6.92 Å². The van der Waals surface area contributed by atoms with Gasteiger partial charge in [0.25, 0.3) is 0 Å². The van der Waals surface area contributed by atoms with Gasteiger partial charge in [-0.1, -0.05) is 52.0 Å². The highest BCUT2D eigenvalue weighted by atomic mass is 32.2. The number of nitrogens with zero attached hydrogens (tertiary/aromatic N) is 3. The standard InChI is InChI=1S/C30H36N4O4S/c1-7-19(3)31-24(35)15-33-25(36)16-39-27(20-12-13-22-23(14-20)38-17-37-22)26-28(30(4,5)6)32-34(29(26)33)21-11-9-8-10-18(21)2/h8-14,19,27H,7,15-17H2,1-6H3,(H,31,35)/t19-,27+/m1/s1. The number of hydrogen-bond acceptors (Lipinski definition) is 6. The molecule has 2 aliphatic heterocycles. The van der Waals surface area contributed by atoms with Gasteiger partial charge in [-0.3, -0.25) is 14.5 Å². The molecule has 2 amide bonds. The molecular weight excluding hydrogens is 512 g/mol. The minimum atomic E-state index is -0.328. The van der Waals surface area contributed by atoms with Gasteiger partial charge in [0.15, 0.2) is 11.5 Å². The molecular formula is C30H36N4O4S. The summed E-state index contributed by atoms with van der Waals surface area (Å²) in [5, 5.41) is 8.00. The molecule has 3 heterocycles. The summed E-state index contributed by atoms with van der Waals surface area (Å²) in [6.45, 7) is 12.5. The first-order chi connectivity index (χ1) is 18.6. The molecule has 2 aromatic carbocycles. The van der Waals surface area contributed by atoms with E-state index in [1.54, 1.807) is 16.7 Å². The number of hydrogen-bond donors (Lipinski definition) is 1. The van der Waals surface area contributed by atoms with E-state index in [1.165, 1.54) is 0 Å². The summed E-state index contributed by atoms with van der Waals surface area (Å²) in [5.74, 6) is 1.96. The van der Waals surface area contributed by atoms with Crippen LogP contribution in [0.1, 0.15) is 68.7 Å². The summed E-state index contributed by atoms with van der Waals surface area (Å²) < 4.78 is 13.1. The Morgan fingerprint density at radius 3 is 2.64 bits per heavy atom. The third-order valence-corrected chi connectivity index (χ3v) is 8.42. The van der Waals surface area contributed by atoms with Gasteiger partial charge in [-0.05, 0) is 49.6 Å². The highest BCUT2D eigenvalue weighted by Gasteiger charge is 2.40. The molecule has 0 aliphatic carbocycles. The van der Waals surface area contributed by atoms with Gasteiger partial charge in [0.2, 0.25) is 18.6 Å². The van der Waals surface area contributed by atoms with Crippen LogP contribution in [-0.2, 0) is 15.0 Å². The van der Waals surface area contributed by atoms with Gasteiger partial charge in [0.1, 0.15) is 12.4 Å². The molecule has 1 N–H and O–H groups in total. The maximum atomic E-state index is 13.8. The SMILES string of the molecule is CC[C@@H](C)NC(=O)CN1C(=O)CS[C@@H](c2ccc3c(c2)OCO3)c2c(C(C)(C)C)nn(-c3ccccc3C)c21. The number of fused-ring (bicyclic) bond motifs is 2. The summed E-state index contributed by atoms with van der Waals surface area (Å²) in [6.07, 6.45) is 0.808. The molecule has 0 saturated carbocycles. The van der Waals surface area contributed by atoms with Gasteiger partial charge >= 0.3 is 0 Å². The molecule has 0 radical (unpaired) electrons. The number of carbonyl (C=O) groups is 2. The van der Waals surface area contributed by atoms with Gasteiger partial charge in [-0.2, -0.15) is 5.10 Å². The van der Waals surface area contributed by atoms with Crippen LogP contribution < -0.4 is 19.7 Å². The zero-order valence-corrected chi connectivity index (χ0v) is 24.2. The minimum Gasteiger partial charge on any atom is -0.454 e. The summed E-state index contributed by atoms with van der Waals surface area (Å²) in [5.41, 5.74) is 4.40. The van der Waals surface area contributed by atoms with Crippen molar-refractivity contribution in [3.63, 3.8) is 0 Å². The second kappa shape index (κ2) is 10.6. The molecule has 1 aromatic heterocycles. The molecule has 0 bridgehead atoms. The van der Waals surface area contributed by atoms with E-state index in [4.69, 9.17) is 14.6 Å². The van der Waals surface area contributed by atoms with Crippen LogP contribution in [0.5, 0.6) is 11.5 Å². The maximum Gasteiger partial charge on any atom is 0.240 e. The Morgan fingerprint density at radius 1 is 1.18 bits per heavy atom. The Morgan fingerprint density at radius 2 is 1.92 bits per heavy atom. The molecule has 0 spiro atoms. The molecule has 0 unspecified atom stereocenters. The summed E-state index contributed by atoms with van der Waals surface area (Å²) in [7, 11) is 0. The lowest BCUT2D eigenvalue weighted by Gasteiger charge is -2.25. The number of aryl methyl sites for hydroxylation is 1. The molecule has 0 saturated heterocycles. The average molecular weight is 549 g/mol. The fourth-order valence-electron chi connectivity index (χ4n) is 4.95. The Balaban J connectivity index is 1.75. The van der Waals surface area contributed by atoms with Crippen molar-refractivity contribution >= 4 is 29.4 Å². The number of carbonyl (C=O) groups excluding carboxylic acids is 2. The van der Waals surface area contributed by atoms with E-state index in [2.05, 4.69) is 26.1 Å². The zero-order valence-electron chi connectivity index (χ0n) is 23.4. The number of amides is 2. The fourth-order valence-corrected chi connectivity index (χ4v) is 6.14. The Hall–Kier alpha value is -3.46. The van der Waals surface area contributed by atoms with Crippen LogP contribution in [0.4, 0.5) is 5.82 Å². The van der Waals surface area contributed by atoms with Crippen molar-refractivity contribution < 1.29 is 19.1 Å². The highest BCUT2D eigenvalue weighted by Crippen LogP contribution is 2.50. The predicted octanol–water partition coefficient (Wildman–Crippen LogP) is 5.29. The first-order valence-electron chi connectivity index (χ1n) is 13.4. The number of ether oxygens (including phenoxy) is 2. The van der Waals surface area contributed by atoms with Gasteiger partial charge in [0, 0.05) is 17.0 Å². The molecule has 3 aromatic rings. The first kappa shape index (κ1) is 27.1.